The normalized spacial score (nSPS) is 13.5. The molecule has 0 aliphatic heterocycles. The quantitative estimate of drug-likeness (QED) is 0.572. The fourth-order valence-electron chi connectivity index (χ4n) is 2.13. The summed E-state index contributed by atoms with van der Waals surface area (Å²) in [5.41, 5.74) is 1.33. The SMILES string of the molecule is CCOC(CCNC(=NC)NCc1sccc1C)C(C)C. The van der Waals surface area contributed by atoms with Gasteiger partial charge in [0.05, 0.1) is 12.6 Å². The summed E-state index contributed by atoms with van der Waals surface area (Å²) in [6.07, 6.45) is 1.30. The van der Waals surface area contributed by atoms with E-state index >= 15 is 0 Å². The number of ether oxygens (including phenoxy) is 1. The second-order valence-corrected chi connectivity index (χ2v) is 6.41. The van der Waals surface area contributed by atoms with Gasteiger partial charge in [-0.2, -0.15) is 0 Å². The molecule has 21 heavy (non-hydrogen) atoms. The molecule has 0 fully saturated rings. The van der Waals surface area contributed by atoms with Crippen molar-refractivity contribution in [1.82, 2.24) is 10.6 Å². The van der Waals surface area contributed by atoms with Crippen molar-refractivity contribution < 1.29 is 4.74 Å². The maximum absolute atomic E-state index is 5.75. The standard InChI is InChI=1S/C16H29N3OS/c1-6-20-14(12(2)3)7-9-18-16(17-5)19-11-15-13(4)8-10-21-15/h8,10,12,14H,6-7,9,11H2,1-5H3,(H2,17,18,19). The van der Waals surface area contributed by atoms with Crippen LogP contribution in [-0.4, -0.2) is 32.3 Å². The van der Waals surface area contributed by atoms with E-state index in [0.29, 0.717) is 12.0 Å². The molecule has 1 unspecified atom stereocenters. The summed E-state index contributed by atoms with van der Waals surface area (Å²) in [5, 5.41) is 8.84. The Morgan fingerprint density at radius 2 is 2.14 bits per heavy atom. The van der Waals surface area contributed by atoms with Gasteiger partial charge in [0.1, 0.15) is 0 Å². The first-order chi connectivity index (χ1) is 10.1. The van der Waals surface area contributed by atoms with Gasteiger partial charge >= 0.3 is 0 Å². The van der Waals surface area contributed by atoms with E-state index in [4.69, 9.17) is 4.74 Å². The molecule has 0 radical (unpaired) electrons. The predicted molar refractivity (Wildman–Crippen MR) is 92.1 cm³/mol. The molecule has 1 aromatic rings. The highest BCUT2D eigenvalue weighted by atomic mass is 32.1. The molecular formula is C16H29N3OS. The summed E-state index contributed by atoms with van der Waals surface area (Å²) in [4.78, 5) is 5.62. The smallest absolute Gasteiger partial charge is 0.191 e. The maximum Gasteiger partial charge on any atom is 0.191 e. The van der Waals surface area contributed by atoms with Crippen molar-refractivity contribution in [2.45, 2.75) is 46.8 Å². The number of nitrogens with zero attached hydrogens (tertiary/aromatic N) is 1. The zero-order valence-corrected chi connectivity index (χ0v) is 14.7. The van der Waals surface area contributed by atoms with Crippen LogP contribution in [0.1, 0.15) is 37.6 Å². The van der Waals surface area contributed by atoms with Gasteiger partial charge in [0.15, 0.2) is 5.96 Å². The first-order valence-corrected chi connectivity index (χ1v) is 8.55. The van der Waals surface area contributed by atoms with E-state index in [-0.39, 0.29) is 0 Å². The first-order valence-electron chi connectivity index (χ1n) is 7.67. The van der Waals surface area contributed by atoms with Crippen molar-refractivity contribution in [1.29, 1.82) is 0 Å². The molecule has 0 spiro atoms. The highest BCUT2D eigenvalue weighted by Crippen LogP contribution is 2.14. The van der Waals surface area contributed by atoms with Gasteiger partial charge in [-0.05, 0) is 43.2 Å². The first kappa shape index (κ1) is 18.0. The number of hydrogen-bond acceptors (Lipinski definition) is 3. The van der Waals surface area contributed by atoms with Gasteiger partial charge in [0, 0.05) is 25.1 Å². The third-order valence-corrected chi connectivity index (χ3v) is 4.48. The zero-order valence-electron chi connectivity index (χ0n) is 13.9. The fourth-order valence-corrected chi connectivity index (χ4v) is 2.97. The molecule has 0 aliphatic rings. The molecule has 0 amide bonds. The minimum Gasteiger partial charge on any atom is -0.378 e. The van der Waals surface area contributed by atoms with Gasteiger partial charge in [0.25, 0.3) is 0 Å². The third-order valence-electron chi connectivity index (χ3n) is 3.45. The molecule has 0 aromatic carbocycles. The molecule has 1 atom stereocenters. The second-order valence-electron chi connectivity index (χ2n) is 5.41. The molecule has 120 valence electrons. The Morgan fingerprint density at radius 3 is 2.67 bits per heavy atom. The van der Waals surface area contributed by atoms with E-state index in [1.165, 1.54) is 10.4 Å². The van der Waals surface area contributed by atoms with Crippen LogP contribution in [0.3, 0.4) is 0 Å². The van der Waals surface area contributed by atoms with Crippen molar-refractivity contribution in [2.75, 3.05) is 20.2 Å². The summed E-state index contributed by atoms with van der Waals surface area (Å²) in [6.45, 7) is 11.0. The van der Waals surface area contributed by atoms with Crippen LogP contribution in [-0.2, 0) is 11.3 Å². The molecule has 2 N–H and O–H groups in total. The van der Waals surface area contributed by atoms with Gasteiger partial charge in [-0.25, -0.2) is 0 Å². The number of aryl methyl sites for hydroxylation is 1. The van der Waals surface area contributed by atoms with Gasteiger partial charge in [-0.3, -0.25) is 4.99 Å². The van der Waals surface area contributed by atoms with Crippen molar-refractivity contribution in [3.63, 3.8) is 0 Å². The van der Waals surface area contributed by atoms with Crippen LogP contribution in [0.25, 0.3) is 0 Å². The lowest BCUT2D eigenvalue weighted by atomic mass is 10.0. The lowest BCUT2D eigenvalue weighted by Gasteiger charge is -2.21. The Morgan fingerprint density at radius 1 is 1.38 bits per heavy atom. The molecule has 0 saturated carbocycles. The van der Waals surface area contributed by atoms with Crippen molar-refractivity contribution in [2.24, 2.45) is 10.9 Å². The van der Waals surface area contributed by atoms with Crippen LogP contribution >= 0.6 is 11.3 Å². The van der Waals surface area contributed by atoms with Gasteiger partial charge in [-0.15, -0.1) is 11.3 Å². The van der Waals surface area contributed by atoms with Crippen LogP contribution in [0.2, 0.25) is 0 Å². The lowest BCUT2D eigenvalue weighted by Crippen LogP contribution is -2.38. The Balaban J connectivity index is 2.33. The number of rotatable bonds is 8. The van der Waals surface area contributed by atoms with E-state index < -0.39 is 0 Å². The summed E-state index contributed by atoms with van der Waals surface area (Å²) >= 11 is 1.78. The summed E-state index contributed by atoms with van der Waals surface area (Å²) < 4.78 is 5.75. The van der Waals surface area contributed by atoms with Crippen LogP contribution in [0.5, 0.6) is 0 Å². The van der Waals surface area contributed by atoms with Crippen molar-refractivity contribution in [3.05, 3.63) is 21.9 Å². The minimum absolute atomic E-state index is 0.306. The number of guanidine groups is 1. The molecule has 0 bridgehead atoms. The number of aliphatic imine (C=N–C) groups is 1. The minimum atomic E-state index is 0.306. The average Bonchev–Trinajstić information content (AvgIpc) is 2.86. The molecule has 0 saturated heterocycles. The van der Waals surface area contributed by atoms with E-state index in [1.807, 2.05) is 6.92 Å². The Kier molecular flexibility index (Phi) is 8.38. The van der Waals surface area contributed by atoms with Gasteiger partial charge in [-0.1, -0.05) is 13.8 Å². The second kappa shape index (κ2) is 9.79. The van der Waals surface area contributed by atoms with Crippen LogP contribution in [0, 0.1) is 12.8 Å². The zero-order chi connectivity index (χ0) is 15.7. The van der Waals surface area contributed by atoms with Gasteiger partial charge < -0.3 is 15.4 Å². The van der Waals surface area contributed by atoms with Crippen LogP contribution < -0.4 is 10.6 Å². The predicted octanol–water partition coefficient (Wildman–Crippen LogP) is 3.17. The Bertz CT molecular complexity index is 429. The Labute approximate surface area is 133 Å². The molecule has 1 aromatic heterocycles. The van der Waals surface area contributed by atoms with Crippen LogP contribution in [0.15, 0.2) is 16.4 Å². The topological polar surface area (TPSA) is 45.6 Å². The third kappa shape index (κ3) is 6.48. The fraction of sp³-hybridized carbons (Fsp3) is 0.688. The number of nitrogens with one attached hydrogen (secondary N) is 2. The highest BCUT2D eigenvalue weighted by Gasteiger charge is 2.13. The molecule has 1 rings (SSSR count). The van der Waals surface area contributed by atoms with E-state index in [0.717, 1.165) is 32.1 Å². The van der Waals surface area contributed by atoms with E-state index in [2.05, 4.69) is 47.8 Å². The highest BCUT2D eigenvalue weighted by molar-refractivity contribution is 7.10. The Hall–Kier alpha value is -1.07. The molecular weight excluding hydrogens is 282 g/mol. The van der Waals surface area contributed by atoms with Gasteiger partial charge in [0.2, 0.25) is 0 Å². The van der Waals surface area contributed by atoms with Crippen molar-refractivity contribution >= 4 is 17.3 Å². The van der Waals surface area contributed by atoms with Crippen molar-refractivity contribution in [3.8, 4) is 0 Å². The molecule has 1 heterocycles. The summed E-state index contributed by atoms with van der Waals surface area (Å²) in [5.74, 6) is 1.39. The molecule has 4 nitrogen and oxygen atoms in total. The van der Waals surface area contributed by atoms with E-state index in [9.17, 15) is 0 Å². The summed E-state index contributed by atoms with van der Waals surface area (Å²) in [7, 11) is 1.80. The number of thiophene rings is 1. The average molecular weight is 311 g/mol. The maximum atomic E-state index is 5.75. The van der Waals surface area contributed by atoms with Crippen LogP contribution in [0.4, 0.5) is 0 Å². The van der Waals surface area contributed by atoms with E-state index in [1.54, 1.807) is 18.4 Å². The lowest BCUT2D eigenvalue weighted by molar-refractivity contribution is 0.0258. The number of hydrogen-bond donors (Lipinski definition) is 2. The summed E-state index contributed by atoms with van der Waals surface area (Å²) in [6, 6.07) is 2.15. The molecule has 0 aliphatic carbocycles. The molecule has 5 heteroatoms. The monoisotopic (exact) mass is 311 g/mol. The largest absolute Gasteiger partial charge is 0.378 e.